The van der Waals surface area contributed by atoms with Crippen LogP contribution in [-0.4, -0.2) is 23.8 Å². The SMILES string of the molecule is COC(=O)c1ccccc1NC(=O)C(Br)C(C)C. The molecule has 18 heavy (non-hydrogen) atoms. The average Bonchev–Trinajstić information content (AvgIpc) is 2.37. The maximum atomic E-state index is 11.9. The number of esters is 1. The number of nitrogens with one attached hydrogen (secondary N) is 1. The lowest BCUT2D eigenvalue weighted by Gasteiger charge is -2.15. The summed E-state index contributed by atoms with van der Waals surface area (Å²) in [5.74, 6) is -0.488. The normalized spacial score (nSPS) is 12.1. The van der Waals surface area contributed by atoms with Gasteiger partial charge in [-0.05, 0) is 18.1 Å². The van der Waals surface area contributed by atoms with Crippen molar-refractivity contribution in [3.05, 3.63) is 29.8 Å². The van der Waals surface area contributed by atoms with Gasteiger partial charge in [0.2, 0.25) is 5.91 Å². The predicted octanol–water partition coefficient (Wildman–Crippen LogP) is 2.83. The van der Waals surface area contributed by atoms with Crippen LogP contribution in [0.5, 0.6) is 0 Å². The zero-order valence-corrected chi connectivity index (χ0v) is 12.2. The van der Waals surface area contributed by atoms with E-state index in [-0.39, 0.29) is 16.7 Å². The molecule has 5 heteroatoms. The molecule has 1 rings (SSSR count). The van der Waals surface area contributed by atoms with E-state index in [9.17, 15) is 9.59 Å². The molecule has 1 aromatic carbocycles. The van der Waals surface area contributed by atoms with Crippen LogP contribution in [0.4, 0.5) is 5.69 Å². The van der Waals surface area contributed by atoms with Gasteiger partial charge in [0.15, 0.2) is 0 Å². The van der Waals surface area contributed by atoms with Crippen LogP contribution < -0.4 is 5.32 Å². The number of alkyl halides is 1. The Hall–Kier alpha value is -1.36. The van der Waals surface area contributed by atoms with Crippen LogP contribution in [0.1, 0.15) is 24.2 Å². The fourth-order valence-corrected chi connectivity index (χ4v) is 1.50. The zero-order valence-electron chi connectivity index (χ0n) is 10.6. The molecule has 0 aliphatic carbocycles. The molecule has 1 amide bonds. The Kier molecular flexibility index (Phi) is 5.34. The average molecular weight is 314 g/mol. The molecule has 0 radical (unpaired) electrons. The molecular weight excluding hydrogens is 298 g/mol. The zero-order chi connectivity index (χ0) is 13.7. The standard InChI is InChI=1S/C13H16BrNO3/c1-8(2)11(14)12(16)15-10-7-5-4-6-9(10)13(17)18-3/h4-8,11H,1-3H3,(H,15,16). The van der Waals surface area contributed by atoms with E-state index in [4.69, 9.17) is 0 Å². The minimum atomic E-state index is -0.471. The van der Waals surface area contributed by atoms with E-state index in [0.717, 1.165) is 0 Å². The highest BCUT2D eigenvalue weighted by Crippen LogP contribution is 2.19. The highest BCUT2D eigenvalue weighted by atomic mass is 79.9. The molecule has 0 spiro atoms. The summed E-state index contributed by atoms with van der Waals surface area (Å²) in [5, 5.41) is 2.72. The molecule has 0 aromatic heterocycles. The molecule has 0 saturated heterocycles. The highest BCUT2D eigenvalue weighted by Gasteiger charge is 2.20. The number of methoxy groups -OCH3 is 1. The third kappa shape index (κ3) is 3.57. The summed E-state index contributed by atoms with van der Waals surface area (Å²) in [5.41, 5.74) is 0.802. The van der Waals surface area contributed by atoms with Crippen molar-refractivity contribution in [2.75, 3.05) is 12.4 Å². The summed E-state index contributed by atoms with van der Waals surface area (Å²) < 4.78 is 4.66. The molecule has 0 heterocycles. The van der Waals surface area contributed by atoms with Gasteiger partial charge in [-0.15, -0.1) is 0 Å². The van der Waals surface area contributed by atoms with Crippen LogP contribution in [0.25, 0.3) is 0 Å². The van der Waals surface area contributed by atoms with E-state index in [1.807, 2.05) is 13.8 Å². The Morgan fingerprint density at radius 3 is 2.44 bits per heavy atom. The highest BCUT2D eigenvalue weighted by molar-refractivity contribution is 9.10. The number of benzene rings is 1. The molecule has 0 aliphatic rings. The van der Waals surface area contributed by atoms with Gasteiger partial charge >= 0.3 is 5.97 Å². The number of para-hydroxylation sites is 1. The number of carbonyl (C=O) groups is 2. The molecule has 98 valence electrons. The molecular formula is C13H16BrNO3. The van der Waals surface area contributed by atoms with E-state index >= 15 is 0 Å². The van der Waals surface area contributed by atoms with Crippen molar-refractivity contribution >= 4 is 33.5 Å². The van der Waals surface area contributed by atoms with Crippen molar-refractivity contribution in [1.29, 1.82) is 0 Å². The van der Waals surface area contributed by atoms with Crippen molar-refractivity contribution in [3.63, 3.8) is 0 Å². The van der Waals surface area contributed by atoms with Gasteiger partial charge in [0.05, 0.1) is 23.2 Å². The van der Waals surface area contributed by atoms with Crippen molar-refractivity contribution in [3.8, 4) is 0 Å². The number of hydrogen-bond donors (Lipinski definition) is 1. The maximum absolute atomic E-state index is 11.9. The molecule has 0 fully saturated rings. The Morgan fingerprint density at radius 1 is 1.28 bits per heavy atom. The fourth-order valence-electron chi connectivity index (χ4n) is 1.38. The van der Waals surface area contributed by atoms with Gasteiger partial charge in [0, 0.05) is 0 Å². The van der Waals surface area contributed by atoms with E-state index in [0.29, 0.717) is 11.3 Å². The molecule has 0 bridgehead atoms. The Labute approximate surface area is 115 Å². The third-order valence-electron chi connectivity index (χ3n) is 2.43. The molecule has 1 N–H and O–H groups in total. The van der Waals surface area contributed by atoms with Gasteiger partial charge in [-0.25, -0.2) is 4.79 Å². The van der Waals surface area contributed by atoms with E-state index in [1.165, 1.54) is 7.11 Å². The van der Waals surface area contributed by atoms with E-state index in [2.05, 4.69) is 26.0 Å². The lowest BCUT2D eigenvalue weighted by Crippen LogP contribution is -2.27. The molecule has 1 unspecified atom stereocenters. The minimum absolute atomic E-state index is 0.162. The molecule has 1 aromatic rings. The van der Waals surface area contributed by atoms with Gasteiger partial charge in [0.25, 0.3) is 0 Å². The number of carbonyl (C=O) groups excluding carboxylic acids is 2. The molecule has 0 saturated carbocycles. The first kappa shape index (κ1) is 14.7. The third-order valence-corrected chi connectivity index (χ3v) is 3.90. The number of ether oxygens (including phenoxy) is 1. The first-order valence-electron chi connectivity index (χ1n) is 5.59. The number of anilines is 1. The number of rotatable bonds is 4. The van der Waals surface area contributed by atoms with Crippen molar-refractivity contribution < 1.29 is 14.3 Å². The van der Waals surface area contributed by atoms with Crippen LogP contribution in [0, 0.1) is 5.92 Å². The lowest BCUT2D eigenvalue weighted by atomic mass is 10.1. The number of amides is 1. The van der Waals surface area contributed by atoms with Crippen LogP contribution in [0.2, 0.25) is 0 Å². The molecule has 1 atom stereocenters. The Balaban J connectivity index is 2.91. The van der Waals surface area contributed by atoms with Gasteiger partial charge in [0.1, 0.15) is 0 Å². The topological polar surface area (TPSA) is 55.4 Å². The second-order valence-electron chi connectivity index (χ2n) is 4.17. The first-order chi connectivity index (χ1) is 8.47. The van der Waals surface area contributed by atoms with Crippen molar-refractivity contribution in [2.24, 2.45) is 5.92 Å². The van der Waals surface area contributed by atoms with Gasteiger partial charge in [-0.2, -0.15) is 0 Å². The smallest absolute Gasteiger partial charge is 0.339 e. The summed E-state index contributed by atoms with van der Waals surface area (Å²) in [6.07, 6.45) is 0. The second-order valence-corrected chi connectivity index (χ2v) is 5.16. The molecule has 0 aliphatic heterocycles. The van der Waals surface area contributed by atoms with Gasteiger partial charge in [-0.3, -0.25) is 4.79 Å². The van der Waals surface area contributed by atoms with E-state index in [1.54, 1.807) is 24.3 Å². The fraction of sp³-hybridized carbons (Fsp3) is 0.385. The number of hydrogen-bond acceptors (Lipinski definition) is 3. The summed E-state index contributed by atoms with van der Waals surface area (Å²) in [6.45, 7) is 3.87. The minimum Gasteiger partial charge on any atom is -0.465 e. The summed E-state index contributed by atoms with van der Waals surface area (Å²) in [7, 11) is 1.31. The summed E-state index contributed by atoms with van der Waals surface area (Å²) in [6, 6.07) is 6.75. The van der Waals surface area contributed by atoms with Crippen LogP contribution >= 0.6 is 15.9 Å². The Bertz CT molecular complexity index is 446. The largest absolute Gasteiger partial charge is 0.465 e. The summed E-state index contributed by atoms with van der Waals surface area (Å²) in [4.78, 5) is 23.1. The van der Waals surface area contributed by atoms with Crippen LogP contribution in [0.15, 0.2) is 24.3 Å². The predicted molar refractivity (Wildman–Crippen MR) is 74.0 cm³/mol. The summed E-state index contributed by atoms with van der Waals surface area (Å²) >= 11 is 3.32. The Morgan fingerprint density at radius 2 is 1.89 bits per heavy atom. The van der Waals surface area contributed by atoms with E-state index < -0.39 is 5.97 Å². The van der Waals surface area contributed by atoms with Crippen molar-refractivity contribution in [1.82, 2.24) is 0 Å². The van der Waals surface area contributed by atoms with Crippen molar-refractivity contribution in [2.45, 2.75) is 18.7 Å². The van der Waals surface area contributed by atoms with Crippen LogP contribution in [-0.2, 0) is 9.53 Å². The maximum Gasteiger partial charge on any atom is 0.339 e. The monoisotopic (exact) mass is 313 g/mol. The first-order valence-corrected chi connectivity index (χ1v) is 6.51. The van der Waals surface area contributed by atoms with Gasteiger partial charge in [-0.1, -0.05) is 41.9 Å². The molecule has 4 nitrogen and oxygen atoms in total. The van der Waals surface area contributed by atoms with Crippen LogP contribution in [0.3, 0.4) is 0 Å². The number of halogens is 1. The second kappa shape index (κ2) is 6.54. The van der Waals surface area contributed by atoms with Gasteiger partial charge < -0.3 is 10.1 Å². The lowest BCUT2D eigenvalue weighted by molar-refractivity contribution is -0.116. The quantitative estimate of drug-likeness (QED) is 0.687.